The molecule has 4 heterocycles. The van der Waals surface area contributed by atoms with E-state index in [-0.39, 0.29) is 11.7 Å². The highest BCUT2D eigenvalue weighted by atomic mass is 32.1. The normalized spacial score (nSPS) is 13.8. The van der Waals surface area contributed by atoms with Gasteiger partial charge in [-0.2, -0.15) is 0 Å². The zero-order valence-corrected chi connectivity index (χ0v) is 18.5. The Morgan fingerprint density at radius 3 is 2.21 bits per heavy atom. The van der Waals surface area contributed by atoms with Gasteiger partial charge in [-0.15, -0.1) is 0 Å². The van der Waals surface area contributed by atoms with Crippen LogP contribution in [0.2, 0.25) is 0 Å². The van der Waals surface area contributed by atoms with Gasteiger partial charge < -0.3 is 24.1 Å². The van der Waals surface area contributed by atoms with E-state index in [1.54, 1.807) is 12.1 Å². The SMILES string of the molecule is Cc1nc(-n2cccc2)sc1C(=O)N1CCN(CC(=O)c2ccco2)CC1.O=C(O)C(=O)O. The zero-order chi connectivity index (χ0) is 24.0. The Bertz CT molecular complexity index is 1100. The first-order chi connectivity index (χ1) is 15.8. The van der Waals surface area contributed by atoms with Gasteiger partial charge in [0.25, 0.3) is 5.91 Å². The second kappa shape index (κ2) is 10.7. The third-order valence-electron chi connectivity index (χ3n) is 4.81. The number of rotatable bonds is 5. The summed E-state index contributed by atoms with van der Waals surface area (Å²) in [5.41, 5.74) is 0.754. The minimum Gasteiger partial charge on any atom is -0.473 e. The molecule has 2 N–H and O–H groups in total. The highest BCUT2D eigenvalue weighted by Gasteiger charge is 2.27. The van der Waals surface area contributed by atoms with Crippen LogP contribution in [0.5, 0.6) is 0 Å². The number of aliphatic carboxylic acids is 2. The molecule has 4 rings (SSSR count). The van der Waals surface area contributed by atoms with Crippen LogP contribution in [0.25, 0.3) is 5.13 Å². The lowest BCUT2D eigenvalue weighted by Crippen LogP contribution is -2.49. The molecule has 1 aliphatic heterocycles. The number of hydrogen-bond donors (Lipinski definition) is 2. The van der Waals surface area contributed by atoms with Crippen molar-refractivity contribution in [2.75, 3.05) is 32.7 Å². The molecule has 174 valence electrons. The summed E-state index contributed by atoms with van der Waals surface area (Å²) in [5, 5.41) is 15.6. The molecule has 0 saturated carbocycles. The van der Waals surface area contributed by atoms with Crippen molar-refractivity contribution in [3.05, 3.63) is 59.3 Å². The molecule has 0 unspecified atom stereocenters. The summed E-state index contributed by atoms with van der Waals surface area (Å²) < 4.78 is 7.06. The number of ketones is 1. The molecule has 0 atom stereocenters. The van der Waals surface area contributed by atoms with Gasteiger partial charge in [-0.1, -0.05) is 11.3 Å². The summed E-state index contributed by atoms with van der Waals surface area (Å²) in [5.74, 6) is -3.29. The van der Waals surface area contributed by atoms with E-state index in [0.29, 0.717) is 43.4 Å². The predicted octanol–water partition coefficient (Wildman–Crippen LogP) is 1.63. The van der Waals surface area contributed by atoms with Crippen LogP contribution in [-0.4, -0.2) is 85.9 Å². The van der Waals surface area contributed by atoms with E-state index in [0.717, 1.165) is 10.8 Å². The van der Waals surface area contributed by atoms with E-state index < -0.39 is 11.9 Å². The molecule has 0 spiro atoms. The Hall–Kier alpha value is -3.77. The van der Waals surface area contributed by atoms with E-state index in [4.69, 9.17) is 24.2 Å². The van der Waals surface area contributed by atoms with Crippen LogP contribution in [-0.2, 0) is 9.59 Å². The third-order valence-corrected chi connectivity index (χ3v) is 5.97. The van der Waals surface area contributed by atoms with Crippen molar-refractivity contribution in [2.45, 2.75) is 6.92 Å². The number of furan rings is 1. The monoisotopic (exact) mass is 474 g/mol. The van der Waals surface area contributed by atoms with Gasteiger partial charge in [-0.05, 0) is 31.2 Å². The Balaban J connectivity index is 0.000000454. The first kappa shape index (κ1) is 23.9. The topological polar surface area (TPSA) is 146 Å². The summed E-state index contributed by atoms with van der Waals surface area (Å²) in [6, 6.07) is 7.25. The number of thiazole rings is 1. The number of carbonyl (C=O) groups excluding carboxylic acids is 2. The molecule has 0 bridgehead atoms. The maximum atomic E-state index is 12.9. The predicted molar refractivity (Wildman–Crippen MR) is 117 cm³/mol. The number of aromatic nitrogens is 2. The smallest absolute Gasteiger partial charge is 0.414 e. The summed E-state index contributed by atoms with van der Waals surface area (Å²) in [6.45, 7) is 4.71. The van der Waals surface area contributed by atoms with Crippen molar-refractivity contribution in [3.8, 4) is 5.13 Å². The lowest BCUT2D eigenvalue weighted by Gasteiger charge is -2.34. The largest absolute Gasteiger partial charge is 0.473 e. The van der Waals surface area contributed by atoms with E-state index in [9.17, 15) is 9.59 Å². The first-order valence-electron chi connectivity index (χ1n) is 9.91. The number of piperazine rings is 1. The Morgan fingerprint density at radius 1 is 1.03 bits per heavy atom. The lowest BCUT2D eigenvalue weighted by atomic mass is 10.2. The molecule has 0 aliphatic carbocycles. The molecule has 33 heavy (non-hydrogen) atoms. The quantitative estimate of drug-likeness (QED) is 0.416. The van der Waals surface area contributed by atoms with Gasteiger partial charge in [0.05, 0.1) is 18.5 Å². The number of carboxylic acids is 2. The molecular weight excluding hydrogens is 452 g/mol. The van der Waals surface area contributed by atoms with Crippen LogP contribution >= 0.6 is 11.3 Å². The second-order valence-electron chi connectivity index (χ2n) is 7.08. The fourth-order valence-electron chi connectivity index (χ4n) is 3.12. The summed E-state index contributed by atoms with van der Waals surface area (Å²) in [6.07, 6.45) is 5.34. The van der Waals surface area contributed by atoms with Crippen LogP contribution in [0.4, 0.5) is 0 Å². The van der Waals surface area contributed by atoms with E-state index in [2.05, 4.69) is 9.88 Å². The van der Waals surface area contributed by atoms with Crippen molar-refractivity contribution in [1.29, 1.82) is 0 Å². The second-order valence-corrected chi connectivity index (χ2v) is 8.06. The molecule has 0 aromatic carbocycles. The molecule has 1 fully saturated rings. The van der Waals surface area contributed by atoms with Gasteiger partial charge in [-0.3, -0.25) is 14.5 Å². The highest BCUT2D eigenvalue weighted by molar-refractivity contribution is 7.16. The summed E-state index contributed by atoms with van der Waals surface area (Å²) >= 11 is 1.41. The lowest BCUT2D eigenvalue weighted by molar-refractivity contribution is -0.159. The Kier molecular flexibility index (Phi) is 7.74. The molecule has 1 aliphatic rings. The number of nitrogens with zero attached hydrogens (tertiary/aromatic N) is 4. The number of carbonyl (C=O) groups is 4. The molecule has 3 aromatic rings. The molecule has 3 aromatic heterocycles. The van der Waals surface area contributed by atoms with Crippen LogP contribution < -0.4 is 0 Å². The zero-order valence-electron chi connectivity index (χ0n) is 17.7. The van der Waals surface area contributed by atoms with Crippen LogP contribution in [0.15, 0.2) is 47.3 Å². The maximum Gasteiger partial charge on any atom is 0.414 e. The summed E-state index contributed by atoms with van der Waals surface area (Å²) in [4.78, 5) is 52.3. The molecule has 1 amide bonds. The van der Waals surface area contributed by atoms with Crippen molar-refractivity contribution >= 4 is 35.0 Å². The third kappa shape index (κ3) is 6.14. The number of amides is 1. The van der Waals surface area contributed by atoms with Gasteiger partial charge in [0.1, 0.15) is 4.88 Å². The first-order valence-corrected chi connectivity index (χ1v) is 10.7. The molecule has 0 radical (unpaired) electrons. The van der Waals surface area contributed by atoms with Crippen LogP contribution in [0, 0.1) is 6.92 Å². The van der Waals surface area contributed by atoms with Gasteiger partial charge in [0.2, 0.25) is 5.78 Å². The number of aryl methyl sites for hydroxylation is 1. The van der Waals surface area contributed by atoms with Gasteiger partial charge in [0.15, 0.2) is 10.9 Å². The minimum atomic E-state index is -1.82. The average molecular weight is 474 g/mol. The van der Waals surface area contributed by atoms with Gasteiger partial charge in [-0.25, -0.2) is 14.6 Å². The fraction of sp³-hybridized carbons (Fsp3) is 0.286. The highest BCUT2D eigenvalue weighted by Crippen LogP contribution is 2.24. The van der Waals surface area contributed by atoms with E-state index in [1.165, 1.54) is 17.6 Å². The molecule has 1 saturated heterocycles. The standard InChI is InChI=1S/C19H20N4O3S.C2H2O4/c1-14-17(27-19(20-14)23-6-2-3-7-23)18(25)22-10-8-21(9-11-22)13-15(24)16-5-4-12-26-16;3-1(4)2(5)6/h2-7,12H,8-11,13H2,1H3;(H,3,4)(H,5,6). The number of Topliss-reactive ketones (excluding diaryl/α,β-unsaturated/α-hetero) is 1. The summed E-state index contributed by atoms with van der Waals surface area (Å²) in [7, 11) is 0. The van der Waals surface area contributed by atoms with Crippen LogP contribution in [0.1, 0.15) is 25.9 Å². The number of carboxylic acid groups (broad SMARTS) is 2. The molecular formula is C21H22N4O7S. The minimum absolute atomic E-state index is 0.0143. The Labute approximate surface area is 192 Å². The molecule has 12 heteroatoms. The van der Waals surface area contributed by atoms with Crippen molar-refractivity contribution in [3.63, 3.8) is 0 Å². The van der Waals surface area contributed by atoms with Crippen molar-refractivity contribution in [1.82, 2.24) is 19.4 Å². The van der Waals surface area contributed by atoms with Crippen LogP contribution in [0.3, 0.4) is 0 Å². The van der Waals surface area contributed by atoms with Gasteiger partial charge >= 0.3 is 11.9 Å². The van der Waals surface area contributed by atoms with Crippen molar-refractivity contribution < 1.29 is 33.8 Å². The van der Waals surface area contributed by atoms with Crippen molar-refractivity contribution in [2.24, 2.45) is 0 Å². The maximum absolute atomic E-state index is 12.9. The number of hydrogen-bond acceptors (Lipinski definition) is 8. The Morgan fingerprint density at radius 2 is 1.67 bits per heavy atom. The van der Waals surface area contributed by atoms with Gasteiger partial charge in [0, 0.05) is 38.6 Å². The van der Waals surface area contributed by atoms with E-state index in [1.807, 2.05) is 40.9 Å². The fourth-order valence-corrected chi connectivity index (χ4v) is 4.13. The molecule has 11 nitrogen and oxygen atoms in total. The average Bonchev–Trinajstić information content (AvgIpc) is 3.56. The van der Waals surface area contributed by atoms with E-state index >= 15 is 0 Å².